The Morgan fingerprint density at radius 2 is 1.80 bits per heavy atom. The monoisotopic (exact) mass is 579 g/mol. The van der Waals surface area contributed by atoms with Crippen molar-refractivity contribution in [3.8, 4) is 23.0 Å². The summed E-state index contributed by atoms with van der Waals surface area (Å²) in [7, 11) is 0. The molecule has 0 aliphatic rings. The molecular formula is C28H22INO5. The van der Waals surface area contributed by atoms with Gasteiger partial charge >= 0.3 is 5.97 Å². The molecule has 0 bridgehead atoms. The molecule has 2 heterocycles. The lowest BCUT2D eigenvalue weighted by Gasteiger charge is -2.19. The number of ether oxygens (including phenoxy) is 1. The Morgan fingerprint density at radius 1 is 1.06 bits per heavy atom. The van der Waals surface area contributed by atoms with Crippen molar-refractivity contribution in [2.75, 3.05) is 0 Å². The number of hydrogen-bond acceptors (Lipinski definition) is 5. The number of carboxylic acid groups (broad SMARTS) is 1. The van der Waals surface area contributed by atoms with Crippen LogP contribution in [0, 0.1) is 13.8 Å². The molecule has 35 heavy (non-hydrogen) atoms. The maximum atomic E-state index is 12.4. The summed E-state index contributed by atoms with van der Waals surface area (Å²) in [5.74, 6) is 0.713. The zero-order valence-corrected chi connectivity index (χ0v) is 21.5. The lowest BCUT2D eigenvalue weighted by molar-refractivity contribution is 0.0698. The number of aryl methyl sites for hydroxylation is 2. The smallest absolute Gasteiger partial charge is 0.336 e. The van der Waals surface area contributed by atoms with Crippen molar-refractivity contribution >= 4 is 50.8 Å². The summed E-state index contributed by atoms with van der Waals surface area (Å²) in [5, 5.41) is 11.6. The average Bonchev–Trinajstić information content (AvgIpc) is 3.21. The normalized spacial score (nSPS) is 12.1. The van der Waals surface area contributed by atoms with E-state index in [1.807, 2.05) is 98.4 Å². The molecule has 0 amide bonds. The first kappa shape index (κ1) is 23.2. The molecule has 1 N–H and O–H groups in total. The molecule has 0 saturated carbocycles. The minimum atomic E-state index is -1.06. The highest BCUT2D eigenvalue weighted by Crippen LogP contribution is 2.38. The predicted molar refractivity (Wildman–Crippen MR) is 144 cm³/mol. The van der Waals surface area contributed by atoms with Gasteiger partial charge in [0.1, 0.15) is 28.9 Å². The van der Waals surface area contributed by atoms with E-state index >= 15 is 0 Å². The van der Waals surface area contributed by atoms with Gasteiger partial charge in [0.15, 0.2) is 28.8 Å². The molecule has 5 rings (SSSR count). The van der Waals surface area contributed by atoms with Gasteiger partial charge in [-0.15, -0.1) is 0 Å². The predicted octanol–water partition coefficient (Wildman–Crippen LogP) is 7.83. The number of fused-ring (bicyclic) bond motifs is 2. The summed E-state index contributed by atoms with van der Waals surface area (Å²) in [4.78, 5) is 17.3. The van der Waals surface area contributed by atoms with Crippen molar-refractivity contribution < 1.29 is 22.1 Å². The Bertz CT molecular complexity index is 1570. The van der Waals surface area contributed by atoms with Crippen molar-refractivity contribution in [3.05, 3.63) is 89.0 Å². The number of nitrogens with zero attached hydrogens (tertiary/aromatic N) is 1. The van der Waals surface area contributed by atoms with Crippen LogP contribution in [0.15, 0.2) is 71.1 Å². The van der Waals surface area contributed by atoms with E-state index in [4.69, 9.17) is 17.2 Å². The van der Waals surface area contributed by atoms with Gasteiger partial charge in [-0.3, -0.25) is 0 Å². The molecule has 176 valence electrons. The third-order valence-electron chi connectivity index (χ3n) is 6.17. The summed E-state index contributed by atoms with van der Waals surface area (Å²) in [6.07, 6.45) is -0.317. The number of aromatic carboxylic acids is 1. The number of rotatable bonds is 6. The van der Waals surface area contributed by atoms with Gasteiger partial charge < -0.3 is 17.3 Å². The molecule has 5 aromatic rings. The first-order valence-corrected chi connectivity index (χ1v) is 12.0. The third-order valence-corrected chi connectivity index (χ3v) is 6.68. The fraction of sp³-hybridized carbons (Fsp3) is 0.143. The molecule has 2 aromatic heterocycles. The van der Waals surface area contributed by atoms with E-state index in [0.29, 0.717) is 28.1 Å². The third kappa shape index (κ3) is 4.20. The molecule has 0 saturated heterocycles. The number of carboxylic acids is 1. The van der Waals surface area contributed by atoms with E-state index < -0.39 is 5.97 Å². The molecule has 7 heteroatoms. The van der Waals surface area contributed by atoms with E-state index in [1.165, 1.54) is 0 Å². The molecule has 6 nitrogen and oxygen atoms in total. The Labute approximate surface area is 216 Å². The van der Waals surface area contributed by atoms with Crippen LogP contribution in [-0.4, -0.2) is 16.1 Å². The van der Waals surface area contributed by atoms with Gasteiger partial charge in [-0.25, -0.2) is 9.78 Å². The molecule has 0 aliphatic heterocycles. The number of benzene rings is 3. The minimum absolute atomic E-state index is 0.115. The van der Waals surface area contributed by atoms with E-state index in [2.05, 4.69) is 0 Å². The molecule has 1 atom stereocenters. The second kappa shape index (κ2) is 9.22. The molecule has 0 aliphatic carbocycles. The van der Waals surface area contributed by atoms with Crippen molar-refractivity contribution in [2.24, 2.45) is 0 Å². The molecule has 0 unspecified atom stereocenters. The van der Waals surface area contributed by atoms with Crippen LogP contribution in [-0.2, 0) is 0 Å². The van der Waals surface area contributed by atoms with E-state index in [0.717, 1.165) is 33.4 Å². The van der Waals surface area contributed by atoms with Gasteiger partial charge in [-0.05, 0) is 62.2 Å². The Kier molecular flexibility index (Phi) is 6.10. The highest BCUT2D eigenvalue weighted by atomic mass is 127. The van der Waals surface area contributed by atoms with Crippen LogP contribution in [0.3, 0.4) is 0 Å². The molecule has 0 spiro atoms. The Balaban J connectivity index is 1.65. The number of halogens is 1. The summed E-state index contributed by atoms with van der Waals surface area (Å²) < 4.78 is 17.6. The number of para-hydroxylation sites is 1. The second-order valence-electron chi connectivity index (χ2n) is 8.42. The summed E-state index contributed by atoms with van der Waals surface area (Å²) in [6.45, 7) is 5.79. The largest absolute Gasteiger partial charge is 0.485 e. The number of pyridine rings is 1. The summed E-state index contributed by atoms with van der Waals surface area (Å²) >= 11 is 1.84. The van der Waals surface area contributed by atoms with Crippen LogP contribution in [0.4, 0.5) is 0 Å². The van der Waals surface area contributed by atoms with Crippen LogP contribution < -0.4 is 7.80 Å². The molecule has 3 aromatic carbocycles. The standard InChI is InChI=1S/C28H22INO5/c1-15-8-13-24(33-17(3)18-9-11-19(35-29)12-10-18)25-21(28(31)32)14-22(30-26(15)25)27-16(2)20-6-4-5-7-23(20)34-27/h4-14,17H,1-3H3,(H,31,32)/t17-/m0/s1. The number of carbonyl (C=O) groups is 1. The van der Waals surface area contributed by atoms with Crippen molar-refractivity contribution in [2.45, 2.75) is 26.9 Å². The zero-order valence-electron chi connectivity index (χ0n) is 19.3. The van der Waals surface area contributed by atoms with Crippen molar-refractivity contribution in [1.29, 1.82) is 0 Å². The average molecular weight is 579 g/mol. The number of furan rings is 1. The maximum Gasteiger partial charge on any atom is 0.336 e. The summed E-state index contributed by atoms with van der Waals surface area (Å²) in [5.41, 5.74) is 4.60. The molecule has 0 radical (unpaired) electrons. The van der Waals surface area contributed by atoms with Crippen LogP contribution in [0.1, 0.15) is 40.1 Å². The van der Waals surface area contributed by atoms with E-state index in [1.54, 1.807) is 12.1 Å². The maximum absolute atomic E-state index is 12.4. The van der Waals surface area contributed by atoms with Crippen molar-refractivity contribution in [1.82, 2.24) is 4.98 Å². The fourth-order valence-electron chi connectivity index (χ4n) is 4.29. The van der Waals surface area contributed by atoms with Gasteiger partial charge in [0, 0.05) is 10.9 Å². The molecule has 0 fully saturated rings. The first-order valence-electron chi connectivity index (χ1n) is 11.1. The van der Waals surface area contributed by atoms with Crippen LogP contribution in [0.5, 0.6) is 11.5 Å². The van der Waals surface area contributed by atoms with Gasteiger partial charge in [-0.2, -0.15) is 0 Å². The second-order valence-corrected chi connectivity index (χ2v) is 8.86. The molecular weight excluding hydrogens is 557 g/mol. The van der Waals surface area contributed by atoms with Gasteiger partial charge in [0.25, 0.3) is 0 Å². The Morgan fingerprint density at radius 3 is 2.49 bits per heavy atom. The fourth-order valence-corrected chi connectivity index (χ4v) is 4.59. The first-order chi connectivity index (χ1) is 16.9. The van der Waals surface area contributed by atoms with Gasteiger partial charge in [-0.1, -0.05) is 36.4 Å². The minimum Gasteiger partial charge on any atom is -0.485 e. The zero-order chi connectivity index (χ0) is 24.7. The number of hydrogen-bond donors (Lipinski definition) is 1. The van der Waals surface area contributed by atoms with E-state index in [9.17, 15) is 9.90 Å². The topological polar surface area (TPSA) is 81.8 Å². The number of aromatic nitrogens is 1. The Hall–Kier alpha value is -3.59. The van der Waals surface area contributed by atoms with E-state index in [-0.39, 0.29) is 11.7 Å². The van der Waals surface area contributed by atoms with Crippen molar-refractivity contribution in [3.63, 3.8) is 0 Å². The quantitative estimate of drug-likeness (QED) is 0.207. The lowest BCUT2D eigenvalue weighted by Crippen LogP contribution is -2.07. The van der Waals surface area contributed by atoms with Crippen LogP contribution >= 0.6 is 23.0 Å². The highest BCUT2D eigenvalue weighted by Gasteiger charge is 2.22. The lowest BCUT2D eigenvalue weighted by atomic mass is 10.0. The summed E-state index contributed by atoms with van der Waals surface area (Å²) in [6, 6.07) is 20.6. The van der Waals surface area contributed by atoms with Crippen LogP contribution in [0.25, 0.3) is 33.3 Å². The van der Waals surface area contributed by atoms with Gasteiger partial charge in [0.05, 0.1) is 16.5 Å². The SMILES string of the molecule is Cc1c(-c2cc(C(=O)O)c3c(O[C@@H](C)c4ccc(OI)cc4)ccc(C)c3n2)oc2ccccc12. The highest BCUT2D eigenvalue weighted by molar-refractivity contribution is 14.1. The van der Waals surface area contributed by atoms with Crippen LogP contribution in [0.2, 0.25) is 0 Å². The van der Waals surface area contributed by atoms with Gasteiger partial charge in [0.2, 0.25) is 0 Å².